The van der Waals surface area contributed by atoms with Gasteiger partial charge in [0.05, 0.1) is 17.4 Å². The highest BCUT2D eigenvalue weighted by Gasteiger charge is 2.15. The van der Waals surface area contributed by atoms with E-state index >= 15 is 0 Å². The van der Waals surface area contributed by atoms with E-state index in [2.05, 4.69) is 5.32 Å². The fourth-order valence-electron chi connectivity index (χ4n) is 3.13. The monoisotopic (exact) mass is 382 g/mol. The summed E-state index contributed by atoms with van der Waals surface area (Å²) >= 11 is 0. The summed E-state index contributed by atoms with van der Waals surface area (Å²) in [5, 5.41) is 15.4. The maximum atomic E-state index is 12.2. The first kappa shape index (κ1) is 19.4. The van der Waals surface area contributed by atoms with Crippen molar-refractivity contribution in [2.45, 2.75) is 32.7 Å². The van der Waals surface area contributed by atoms with Crippen LogP contribution in [0.25, 0.3) is 21.7 Å². The highest BCUT2D eigenvalue weighted by atomic mass is 16.5. The van der Waals surface area contributed by atoms with Crippen molar-refractivity contribution in [2.75, 3.05) is 6.61 Å². The Bertz CT molecular complexity index is 1100. The maximum Gasteiger partial charge on any atom is 0.344 e. The van der Waals surface area contributed by atoms with Gasteiger partial charge in [-0.2, -0.15) is 0 Å². The van der Waals surface area contributed by atoms with E-state index in [1.54, 1.807) is 31.2 Å². The molecular weight excluding hydrogens is 362 g/mol. The van der Waals surface area contributed by atoms with Crippen molar-refractivity contribution < 1.29 is 23.8 Å². The van der Waals surface area contributed by atoms with Crippen LogP contribution in [-0.4, -0.2) is 24.5 Å². The number of carbonyl (C=O) groups excluding carboxylic acids is 2. The van der Waals surface area contributed by atoms with Crippen molar-refractivity contribution in [3.8, 4) is 5.75 Å². The smallest absolute Gasteiger partial charge is 0.344 e. The fourth-order valence-corrected chi connectivity index (χ4v) is 3.13. The summed E-state index contributed by atoms with van der Waals surface area (Å²) in [6, 6.07) is 9.57. The maximum absolute atomic E-state index is 12.2. The molecule has 0 spiro atoms. The molecule has 1 heterocycles. The van der Waals surface area contributed by atoms with Crippen LogP contribution in [-0.2, 0) is 9.59 Å². The van der Waals surface area contributed by atoms with Crippen molar-refractivity contribution in [3.63, 3.8) is 0 Å². The van der Waals surface area contributed by atoms with Crippen molar-refractivity contribution in [1.82, 2.24) is 5.32 Å². The first-order valence-electron chi connectivity index (χ1n) is 9.00. The first-order chi connectivity index (χ1) is 13.4. The molecule has 0 radical (unpaired) electrons. The van der Waals surface area contributed by atoms with E-state index in [4.69, 9.17) is 9.15 Å². The number of carbonyl (C=O) groups is 2. The average Bonchev–Trinajstić information content (AvgIpc) is 2.68. The first-order valence-corrected chi connectivity index (χ1v) is 9.00. The van der Waals surface area contributed by atoms with Crippen molar-refractivity contribution in [2.24, 2.45) is 0 Å². The Hall–Kier alpha value is -3.35. The van der Waals surface area contributed by atoms with Gasteiger partial charge in [-0.1, -0.05) is 31.5 Å². The van der Waals surface area contributed by atoms with E-state index < -0.39 is 23.5 Å². The standard InChI is InChI=1S/C21H21NO6/c1-3-6-16(20(24)25)22-18(23)11-27-17-10-9-14-13-7-4-5-8-15(13)21(26)28-19(14)12(17)2/h4-5,7-10,16H,3,6,11H2,1-2H3,(H,22,23)(H,24,25)/p-1/t16-/m0/s1. The predicted molar refractivity (Wildman–Crippen MR) is 102 cm³/mol. The predicted octanol–water partition coefficient (Wildman–Crippen LogP) is 1.67. The highest BCUT2D eigenvalue weighted by Crippen LogP contribution is 2.30. The molecule has 0 aliphatic carbocycles. The van der Waals surface area contributed by atoms with Crippen LogP contribution < -0.4 is 20.8 Å². The molecule has 1 amide bonds. The van der Waals surface area contributed by atoms with E-state index in [0.29, 0.717) is 28.7 Å². The second kappa shape index (κ2) is 8.12. The Morgan fingerprint density at radius 2 is 1.86 bits per heavy atom. The van der Waals surface area contributed by atoms with Gasteiger partial charge in [0.1, 0.15) is 11.3 Å². The number of nitrogens with one attached hydrogen (secondary N) is 1. The summed E-state index contributed by atoms with van der Waals surface area (Å²) in [5.41, 5.74) is 0.524. The van der Waals surface area contributed by atoms with Gasteiger partial charge in [-0.15, -0.1) is 0 Å². The topological polar surface area (TPSA) is 109 Å². The van der Waals surface area contributed by atoms with E-state index in [-0.39, 0.29) is 13.0 Å². The number of aliphatic carboxylic acids is 1. The molecule has 0 aliphatic heterocycles. The minimum Gasteiger partial charge on any atom is -0.548 e. The van der Waals surface area contributed by atoms with Gasteiger partial charge in [-0.3, -0.25) is 4.79 Å². The molecule has 0 fully saturated rings. The Labute approximate surface area is 160 Å². The number of carboxylic acids is 1. The normalized spacial score (nSPS) is 12.1. The molecule has 0 bridgehead atoms. The van der Waals surface area contributed by atoms with Crippen LogP contribution in [0.1, 0.15) is 25.3 Å². The number of benzene rings is 2. The van der Waals surface area contributed by atoms with Crippen LogP contribution in [0.15, 0.2) is 45.6 Å². The van der Waals surface area contributed by atoms with Gasteiger partial charge in [0.25, 0.3) is 5.91 Å². The molecule has 28 heavy (non-hydrogen) atoms. The van der Waals surface area contributed by atoms with E-state index in [1.807, 2.05) is 19.1 Å². The number of hydrogen-bond acceptors (Lipinski definition) is 6. The summed E-state index contributed by atoms with van der Waals surface area (Å²) in [6.07, 6.45) is 0.873. The van der Waals surface area contributed by atoms with Crippen LogP contribution in [0.4, 0.5) is 0 Å². The molecule has 1 atom stereocenters. The largest absolute Gasteiger partial charge is 0.548 e. The number of fused-ring (bicyclic) bond motifs is 3. The third-order valence-corrected chi connectivity index (χ3v) is 4.54. The van der Waals surface area contributed by atoms with Gasteiger partial charge in [-0.05, 0) is 36.9 Å². The summed E-state index contributed by atoms with van der Waals surface area (Å²) in [6.45, 7) is 3.18. The number of amides is 1. The molecule has 0 saturated carbocycles. The summed E-state index contributed by atoms with van der Waals surface area (Å²) in [4.78, 5) is 35.3. The second-order valence-electron chi connectivity index (χ2n) is 6.52. The summed E-state index contributed by atoms with van der Waals surface area (Å²) < 4.78 is 11.0. The quantitative estimate of drug-likeness (QED) is 0.492. The Morgan fingerprint density at radius 3 is 2.54 bits per heavy atom. The van der Waals surface area contributed by atoms with Gasteiger partial charge in [0, 0.05) is 10.9 Å². The van der Waals surface area contributed by atoms with Crippen LogP contribution >= 0.6 is 0 Å². The lowest BCUT2D eigenvalue weighted by atomic mass is 10.0. The zero-order valence-electron chi connectivity index (χ0n) is 15.6. The lowest BCUT2D eigenvalue weighted by Crippen LogP contribution is -2.49. The molecule has 3 aromatic rings. The van der Waals surface area contributed by atoms with E-state index in [0.717, 1.165) is 10.8 Å². The number of rotatable bonds is 7. The molecule has 0 saturated heterocycles. The third-order valence-electron chi connectivity index (χ3n) is 4.54. The van der Waals surface area contributed by atoms with Gasteiger partial charge in [0.15, 0.2) is 6.61 Å². The molecule has 2 aromatic carbocycles. The zero-order chi connectivity index (χ0) is 20.3. The Morgan fingerprint density at radius 1 is 1.14 bits per heavy atom. The van der Waals surface area contributed by atoms with Gasteiger partial charge in [-0.25, -0.2) is 4.79 Å². The minimum absolute atomic E-state index is 0.279. The van der Waals surface area contributed by atoms with Crippen molar-refractivity contribution in [1.29, 1.82) is 0 Å². The number of hydrogen-bond donors (Lipinski definition) is 1. The Kier molecular flexibility index (Phi) is 5.63. The second-order valence-corrected chi connectivity index (χ2v) is 6.52. The Balaban J connectivity index is 1.84. The van der Waals surface area contributed by atoms with Crippen LogP contribution in [0.5, 0.6) is 5.75 Å². The fraction of sp³-hybridized carbons (Fsp3) is 0.286. The van der Waals surface area contributed by atoms with Crippen LogP contribution in [0, 0.1) is 6.92 Å². The lowest BCUT2D eigenvalue weighted by molar-refractivity contribution is -0.308. The molecule has 7 heteroatoms. The van der Waals surface area contributed by atoms with Gasteiger partial charge >= 0.3 is 5.63 Å². The van der Waals surface area contributed by atoms with E-state index in [1.165, 1.54) is 0 Å². The number of ether oxygens (including phenoxy) is 1. The SMILES string of the molecule is CCC[C@H](NC(=O)COc1ccc2c(oc(=O)c3ccccc32)c1C)C(=O)[O-]. The van der Waals surface area contributed by atoms with Crippen LogP contribution in [0.2, 0.25) is 0 Å². The number of aryl methyl sites for hydroxylation is 1. The number of carboxylic acid groups (broad SMARTS) is 1. The minimum atomic E-state index is -1.33. The zero-order valence-corrected chi connectivity index (χ0v) is 15.6. The van der Waals surface area contributed by atoms with Crippen molar-refractivity contribution in [3.05, 3.63) is 52.4 Å². The van der Waals surface area contributed by atoms with Gasteiger partial charge < -0.3 is 24.4 Å². The lowest BCUT2D eigenvalue weighted by Gasteiger charge is -2.19. The molecular formula is C21H20NO6-. The summed E-state index contributed by atoms with van der Waals surface area (Å²) in [5.74, 6) is -1.52. The summed E-state index contributed by atoms with van der Waals surface area (Å²) in [7, 11) is 0. The van der Waals surface area contributed by atoms with Crippen LogP contribution in [0.3, 0.4) is 0 Å². The molecule has 146 valence electrons. The average molecular weight is 382 g/mol. The molecule has 0 aliphatic rings. The molecule has 1 aromatic heterocycles. The van der Waals surface area contributed by atoms with E-state index in [9.17, 15) is 19.5 Å². The molecule has 1 N–H and O–H groups in total. The van der Waals surface area contributed by atoms with Gasteiger partial charge in [0.2, 0.25) is 0 Å². The van der Waals surface area contributed by atoms with Crippen molar-refractivity contribution >= 4 is 33.6 Å². The third kappa shape index (κ3) is 3.83. The molecule has 0 unspecified atom stereocenters. The highest BCUT2D eigenvalue weighted by molar-refractivity contribution is 6.05. The molecule has 7 nitrogen and oxygen atoms in total. The molecule has 3 rings (SSSR count).